The zero-order chi connectivity index (χ0) is 11.8. The van der Waals surface area contributed by atoms with E-state index in [0.717, 1.165) is 26.3 Å². The topological polar surface area (TPSA) is 24.5 Å². The minimum Gasteiger partial charge on any atom is -0.378 e. The summed E-state index contributed by atoms with van der Waals surface area (Å²) in [6.45, 7) is 12.0. The molecule has 1 N–H and O–H groups in total. The van der Waals surface area contributed by atoms with Gasteiger partial charge < -0.3 is 10.1 Å². The summed E-state index contributed by atoms with van der Waals surface area (Å²) in [6.07, 6.45) is 3.80. The maximum absolute atomic E-state index is 5.51. The van der Waals surface area contributed by atoms with Gasteiger partial charge in [0.15, 0.2) is 0 Å². The van der Waals surface area contributed by atoms with Gasteiger partial charge in [-0.2, -0.15) is 0 Å². The SMILES string of the molecule is CCC1COCCN1CCCCNC(C)C. The number of morpholine rings is 1. The summed E-state index contributed by atoms with van der Waals surface area (Å²) in [5.41, 5.74) is 0. The zero-order valence-electron chi connectivity index (χ0n) is 11.2. The van der Waals surface area contributed by atoms with Crippen LogP contribution in [0.25, 0.3) is 0 Å². The van der Waals surface area contributed by atoms with Gasteiger partial charge in [0.25, 0.3) is 0 Å². The Hall–Kier alpha value is -0.120. The molecule has 0 bridgehead atoms. The van der Waals surface area contributed by atoms with Crippen molar-refractivity contribution in [2.45, 2.75) is 52.1 Å². The predicted molar refractivity (Wildman–Crippen MR) is 68.8 cm³/mol. The molecule has 0 spiro atoms. The number of rotatable bonds is 7. The van der Waals surface area contributed by atoms with E-state index >= 15 is 0 Å². The van der Waals surface area contributed by atoms with Crippen LogP contribution in [0.2, 0.25) is 0 Å². The molecule has 3 heteroatoms. The number of unbranched alkanes of at least 4 members (excludes halogenated alkanes) is 1. The quantitative estimate of drug-likeness (QED) is 0.673. The maximum atomic E-state index is 5.51. The number of ether oxygens (including phenoxy) is 1. The molecule has 0 saturated carbocycles. The highest BCUT2D eigenvalue weighted by atomic mass is 16.5. The molecule has 1 aliphatic heterocycles. The van der Waals surface area contributed by atoms with Gasteiger partial charge in [0.1, 0.15) is 0 Å². The third-order valence-electron chi connectivity index (χ3n) is 3.25. The lowest BCUT2D eigenvalue weighted by atomic mass is 10.1. The molecule has 1 fully saturated rings. The van der Waals surface area contributed by atoms with E-state index in [0.29, 0.717) is 12.1 Å². The summed E-state index contributed by atoms with van der Waals surface area (Å²) in [7, 11) is 0. The molecule has 0 aromatic carbocycles. The third-order valence-corrected chi connectivity index (χ3v) is 3.25. The van der Waals surface area contributed by atoms with Crippen LogP contribution < -0.4 is 5.32 Å². The summed E-state index contributed by atoms with van der Waals surface area (Å²) >= 11 is 0. The van der Waals surface area contributed by atoms with Crippen LogP contribution in [0.15, 0.2) is 0 Å². The van der Waals surface area contributed by atoms with Crippen molar-refractivity contribution in [2.75, 3.05) is 32.8 Å². The van der Waals surface area contributed by atoms with Crippen molar-refractivity contribution in [3.63, 3.8) is 0 Å². The molecule has 0 amide bonds. The zero-order valence-corrected chi connectivity index (χ0v) is 11.2. The Kier molecular flexibility index (Phi) is 7.01. The van der Waals surface area contributed by atoms with Crippen molar-refractivity contribution in [2.24, 2.45) is 0 Å². The summed E-state index contributed by atoms with van der Waals surface area (Å²) in [6, 6.07) is 1.28. The lowest BCUT2D eigenvalue weighted by Crippen LogP contribution is -2.45. The van der Waals surface area contributed by atoms with E-state index in [-0.39, 0.29) is 0 Å². The number of nitrogens with zero attached hydrogens (tertiary/aromatic N) is 1. The van der Waals surface area contributed by atoms with Crippen LogP contribution in [0.4, 0.5) is 0 Å². The molecule has 1 unspecified atom stereocenters. The second-order valence-electron chi connectivity index (χ2n) is 4.99. The van der Waals surface area contributed by atoms with Crippen molar-refractivity contribution < 1.29 is 4.74 Å². The summed E-state index contributed by atoms with van der Waals surface area (Å²) < 4.78 is 5.51. The van der Waals surface area contributed by atoms with Gasteiger partial charge in [-0.3, -0.25) is 4.90 Å². The molecule has 1 heterocycles. The van der Waals surface area contributed by atoms with Crippen LogP contribution in [0.3, 0.4) is 0 Å². The first-order valence-electron chi connectivity index (χ1n) is 6.79. The van der Waals surface area contributed by atoms with Crippen molar-refractivity contribution in [1.29, 1.82) is 0 Å². The molecule has 0 radical (unpaired) electrons. The molecular formula is C13H28N2O. The fraction of sp³-hybridized carbons (Fsp3) is 1.00. The molecule has 0 aromatic rings. The second-order valence-corrected chi connectivity index (χ2v) is 4.99. The largest absolute Gasteiger partial charge is 0.378 e. The minimum absolute atomic E-state index is 0.617. The molecule has 0 aromatic heterocycles. The Balaban J connectivity index is 2.06. The molecule has 1 atom stereocenters. The van der Waals surface area contributed by atoms with E-state index in [1.807, 2.05) is 0 Å². The fourth-order valence-corrected chi connectivity index (χ4v) is 2.19. The lowest BCUT2D eigenvalue weighted by Gasteiger charge is -2.35. The Morgan fingerprint density at radius 2 is 2.19 bits per heavy atom. The van der Waals surface area contributed by atoms with Crippen molar-refractivity contribution >= 4 is 0 Å². The molecule has 0 aliphatic carbocycles. The van der Waals surface area contributed by atoms with Crippen molar-refractivity contribution in [3.05, 3.63) is 0 Å². The average Bonchev–Trinajstić information content (AvgIpc) is 2.29. The van der Waals surface area contributed by atoms with Crippen molar-refractivity contribution in [1.82, 2.24) is 10.2 Å². The van der Waals surface area contributed by atoms with Crippen LogP contribution in [-0.2, 0) is 4.74 Å². The number of hydrogen-bond donors (Lipinski definition) is 1. The van der Waals surface area contributed by atoms with Gasteiger partial charge in [-0.05, 0) is 32.4 Å². The van der Waals surface area contributed by atoms with Gasteiger partial charge in [0, 0.05) is 18.6 Å². The first-order chi connectivity index (χ1) is 7.74. The maximum Gasteiger partial charge on any atom is 0.0622 e. The minimum atomic E-state index is 0.617. The first-order valence-corrected chi connectivity index (χ1v) is 6.79. The predicted octanol–water partition coefficient (Wildman–Crippen LogP) is 1.88. The lowest BCUT2D eigenvalue weighted by molar-refractivity contribution is -0.00910. The van der Waals surface area contributed by atoms with E-state index < -0.39 is 0 Å². The Bertz CT molecular complexity index is 173. The fourth-order valence-electron chi connectivity index (χ4n) is 2.19. The standard InChI is InChI=1S/C13H28N2O/c1-4-13-11-16-10-9-15(13)8-6-5-7-14-12(2)3/h12-14H,4-11H2,1-3H3. The van der Waals surface area contributed by atoms with Gasteiger partial charge >= 0.3 is 0 Å². The van der Waals surface area contributed by atoms with Gasteiger partial charge in [-0.25, -0.2) is 0 Å². The molecule has 1 aliphatic rings. The summed E-state index contributed by atoms with van der Waals surface area (Å²) in [4.78, 5) is 2.60. The van der Waals surface area contributed by atoms with Gasteiger partial charge in [-0.15, -0.1) is 0 Å². The van der Waals surface area contributed by atoms with E-state index in [1.54, 1.807) is 0 Å². The normalized spacial score (nSPS) is 22.9. The van der Waals surface area contributed by atoms with Gasteiger partial charge in [-0.1, -0.05) is 20.8 Å². The van der Waals surface area contributed by atoms with E-state index in [4.69, 9.17) is 4.74 Å². The molecule has 16 heavy (non-hydrogen) atoms. The smallest absolute Gasteiger partial charge is 0.0622 e. The average molecular weight is 228 g/mol. The summed E-state index contributed by atoms with van der Waals surface area (Å²) in [5, 5.41) is 3.47. The van der Waals surface area contributed by atoms with Crippen LogP contribution in [0, 0.1) is 0 Å². The number of nitrogens with one attached hydrogen (secondary N) is 1. The van der Waals surface area contributed by atoms with Gasteiger partial charge in [0.2, 0.25) is 0 Å². The van der Waals surface area contributed by atoms with Crippen LogP contribution in [0.1, 0.15) is 40.0 Å². The van der Waals surface area contributed by atoms with E-state index in [1.165, 1.54) is 25.8 Å². The molecule has 96 valence electrons. The molecule has 1 saturated heterocycles. The van der Waals surface area contributed by atoms with E-state index in [2.05, 4.69) is 31.0 Å². The molecule has 1 rings (SSSR count). The monoisotopic (exact) mass is 228 g/mol. The molecule has 3 nitrogen and oxygen atoms in total. The third kappa shape index (κ3) is 5.28. The van der Waals surface area contributed by atoms with Crippen LogP contribution >= 0.6 is 0 Å². The number of hydrogen-bond acceptors (Lipinski definition) is 3. The molecular weight excluding hydrogens is 200 g/mol. The van der Waals surface area contributed by atoms with E-state index in [9.17, 15) is 0 Å². The van der Waals surface area contributed by atoms with Gasteiger partial charge in [0.05, 0.1) is 13.2 Å². The van der Waals surface area contributed by atoms with Crippen LogP contribution in [0.5, 0.6) is 0 Å². The Labute approximate surface area is 101 Å². The summed E-state index contributed by atoms with van der Waals surface area (Å²) in [5.74, 6) is 0. The second kappa shape index (κ2) is 8.04. The highest BCUT2D eigenvalue weighted by molar-refractivity contribution is 4.73. The Morgan fingerprint density at radius 3 is 2.88 bits per heavy atom. The first kappa shape index (κ1) is 13.9. The highest BCUT2D eigenvalue weighted by Crippen LogP contribution is 2.10. The van der Waals surface area contributed by atoms with Crippen LogP contribution in [-0.4, -0.2) is 49.8 Å². The van der Waals surface area contributed by atoms with Crippen molar-refractivity contribution in [3.8, 4) is 0 Å². The Morgan fingerprint density at radius 1 is 1.38 bits per heavy atom. The highest BCUT2D eigenvalue weighted by Gasteiger charge is 2.20.